The predicted molar refractivity (Wildman–Crippen MR) is 215 cm³/mol. The second-order valence-electron chi connectivity index (χ2n) is 15.4. The van der Waals surface area contributed by atoms with Gasteiger partial charge < -0.3 is 10.2 Å². The van der Waals surface area contributed by atoms with Crippen LogP contribution in [0.25, 0.3) is 0 Å². The number of nitrogens with one attached hydrogen (secondary N) is 3. The number of rotatable bonds is 9. The highest BCUT2D eigenvalue weighted by Crippen LogP contribution is 2.36. The number of amides is 5. The maximum absolute atomic E-state index is 13.6. The van der Waals surface area contributed by atoms with Crippen LogP contribution in [0.3, 0.4) is 0 Å². The van der Waals surface area contributed by atoms with Gasteiger partial charge in [-0.25, -0.2) is 0 Å². The Morgan fingerprint density at radius 2 is 1.42 bits per heavy atom. The van der Waals surface area contributed by atoms with Crippen LogP contribution in [0.2, 0.25) is 10.0 Å². The van der Waals surface area contributed by atoms with Crippen molar-refractivity contribution in [3.63, 3.8) is 0 Å². The lowest BCUT2D eigenvalue weighted by molar-refractivity contribution is -0.138. The van der Waals surface area contributed by atoms with Crippen molar-refractivity contribution in [1.29, 1.82) is 0 Å². The summed E-state index contributed by atoms with van der Waals surface area (Å²) in [5.41, 5.74) is -0.0119. The molecule has 0 radical (unpaired) electrons. The highest BCUT2D eigenvalue weighted by atomic mass is 35.5. The maximum atomic E-state index is 13.6. The van der Waals surface area contributed by atoms with Crippen molar-refractivity contribution in [2.75, 3.05) is 67.3 Å². The van der Waals surface area contributed by atoms with Crippen LogP contribution in [0.4, 0.5) is 30.2 Å². The van der Waals surface area contributed by atoms with Gasteiger partial charge in [-0.1, -0.05) is 23.2 Å². The second kappa shape index (κ2) is 16.2. The van der Waals surface area contributed by atoms with Gasteiger partial charge in [0.05, 0.1) is 38.7 Å². The predicted octanol–water partition coefficient (Wildman–Crippen LogP) is 4.29. The number of hydrogen-bond donors (Lipinski definition) is 3. The second-order valence-corrected chi connectivity index (χ2v) is 17.9. The van der Waals surface area contributed by atoms with E-state index in [1.165, 1.54) is 22.5 Å². The molecule has 15 nitrogen and oxygen atoms in total. The van der Waals surface area contributed by atoms with Crippen LogP contribution < -0.4 is 20.3 Å². The fraction of sp³-hybridized carbons (Fsp3) is 0.410. The average Bonchev–Trinajstić information content (AvgIpc) is 3.43. The number of anilines is 3. The van der Waals surface area contributed by atoms with Crippen molar-refractivity contribution in [2.45, 2.75) is 50.0 Å². The van der Waals surface area contributed by atoms with Crippen LogP contribution in [0.5, 0.6) is 0 Å². The molecule has 3 aromatic carbocycles. The summed E-state index contributed by atoms with van der Waals surface area (Å²) in [6.07, 6.45) is -3.29. The number of hydrogen-bond acceptors (Lipinski definition) is 10. The van der Waals surface area contributed by atoms with Crippen molar-refractivity contribution < 1.29 is 45.6 Å². The van der Waals surface area contributed by atoms with Crippen LogP contribution in [-0.2, 0) is 26.0 Å². The Morgan fingerprint density at radius 3 is 2.07 bits per heavy atom. The van der Waals surface area contributed by atoms with Crippen molar-refractivity contribution in [1.82, 2.24) is 24.3 Å². The summed E-state index contributed by atoms with van der Waals surface area (Å²) < 4.78 is 70.2. The van der Waals surface area contributed by atoms with E-state index in [4.69, 9.17) is 23.2 Å². The van der Waals surface area contributed by atoms with E-state index in [9.17, 15) is 45.6 Å². The van der Waals surface area contributed by atoms with Gasteiger partial charge in [-0.05, 0) is 73.9 Å². The molecule has 5 heterocycles. The number of carbonyl (C=O) groups excluding carboxylic acids is 5. The number of piperazine rings is 1. The molecule has 5 aliphatic rings. The molecule has 8 rings (SSSR count). The summed E-state index contributed by atoms with van der Waals surface area (Å²) in [7, 11) is -4.11. The van der Waals surface area contributed by atoms with E-state index >= 15 is 0 Å². The third-order valence-corrected chi connectivity index (χ3v) is 13.9. The van der Waals surface area contributed by atoms with Gasteiger partial charge in [0.2, 0.25) is 11.8 Å². The molecule has 4 saturated heterocycles. The highest BCUT2D eigenvalue weighted by molar-refractivity contribution is 7.90. The molecule has 318 valence electrons. The summed E-state index contributed by atoms with van der Waals surface area (Å²) in [6.45, 7) is 5.24. The Kier molecular flexibility index (Phi) is 11.3. The van der Waals surface area contributed by atoms with Gasteiger partial charge >= 0.3 is 16.4 Å². The minimum atomic E-state index is -4.63. The average molecular weight is 892 g/mol. The molecule has 0 spiro atoms. The number of benzene rings is 3. The molecule has 5 amide bonds. The molecule has 1 unspecified atom stereocenters. The maximum Gasteiger partial charge on any atom is 0.416 e. The molecule has 21 heteroatoms. The first-order valence-electron chi connectivity index (χ1n) is 19.3. The van der Waals surface area contributed by atoms with Gasteiger partial charge in [0.1, 0.15) is 6.04 Å². The first-order valence-corrected chi connectivity index (χ1v) is 21.5. The normalized spacial score (nSPS) is 21.5. The molecule has 3 aromatic rings. The third kappa shape index (κ3) is 8.30. The Bertz CT molecular complexity index is 2380. The Hall–Kier alpha value is -4.79. The van der Waals surface area contributed by atoms with E-state index in [0.717, 1.165) is 62.0 Å². The van der Waals surface area contributed by atoms with E-state index in [1.807, 2.05) is 6.07 Å². The number of imide groups is 2. The van der Waals surface area contributed by atoms with E-state index < -0.39 is 57.5 Å². The summed E-state index contributed by atoms with van der Waals surface area (Å²) >= 11 is 12.2. The topological polar surface area (TPSA) is 172 Å². The number of nitrogens with zero attached hydrogens (tertiary/aromatic N) is 5. The number of halogens is 5. The largest absolute Gasteiger partial charge is 0.416 e. The van der Waals surface area contributed by atoms with E-state index in [2.05, 4.69) is 30.1 Å². The van der Waals surface area contributed by atoms with Gasteiger partial charge in [0.25, 0.3) is 17.7 Å². The summed E-state index contributed by atoms with van der Waals surface area (Å²) in [5.74, 6) is -2.99. The molecule has 0 aromatic heterocycles. The van der Waals surface area contributed by atoms with Gasteiger partial charge in [-0.3, -0.25) is 48.7 Å². The van der Waals surface area contributed by atoms with Gasteiger partial charge in [-0.2, -0.15) is 25.9 Å². The number of fused-ring (bicyclic) bond motifs is 1. The van der Waals surface area contributed by atoms with Crippen LogP contribution in [0.15, 0.2) is 54.6 Å². The molecule has 0 aliphatic carbocycles. The first-order chi connectivity index (χ1) is 28.5. The summed E-state index contributed by atoms with van der Waals surface area (Å²) in [6, 6.07) is 11.0. The van der Waals surface area contributed by atoms with Crippen molar-refractivity contribution in [3.8, 4) is 0 Å². The lowest BCUT2D eigenvalue weighted by atomic mass is 10.0. The Morgan fingerprint density at radius 1 is 0.767 bits per heavy atom. The molecule has 0 saturated carbocycles. The highest BCUT2D eigenvalue weighted by Gasteiger charge is 2.45. The SMILES string of the molecule is O=C1CCC(N2C(=O)c3ccc(N4CC(N5CCN(C6CCN(S(=O)(=O)Nc7ccc(Cl)cc7C(=O)Nc7ccc(C(F)(F)F)cc7Cl)CC6)CC5)C4)cc3C2=O)C(=O)N1. The minimum Gasteiger partial charge on any atom is -0.368 e. The van der Waals surface area contributed by atoms with Crippen LogP contribution in [0.1, 0.15) is 62.3 Å². The van der Waals surface area contributed by atoms with E-state index in [0.29, 0.717) is 24.9 Å². The van der Waals surface area contributed by atoms with Gasteiger partial charge in [-0.15, -0.1) is 0 Å². The van der Waals surface area contributed by atoms with E-state index in [1.54, 1.807) is 12.1 Å². The molecule has 5 aliphatic heterocycles. The zero-order valence-electron chi connectivity index (χ0n) is 31.8. The molecule has 0 bridgehead atoms. The van der Waals surface area contributed by atoms with E-state index in [-0.39, 0.29) is 70.1 Å². The number of carbonyl (C=O) groups is 5. The van der Waals surface area contributed by atoms with Crippen molar-refractivity contribution in [3.05, 3.63) is 86.9 Å². The summed E-state index contributed by atoms with van der Waals surface area (Å²) in [5, 5.41) is 4.42. The molecule has 1 atom stereocenters. The molecule has 3 N–H and O–H groups in total. The van der Waals surface area contributed by atoms with Crippen LogP contribution >= 0.6 is 23.2 Å². The first kappa shape index (κ1) is 41.9. The Labute approximate surface area is 352 Å². The summed E-state index contributed by atoms with van der Waals surface area (Å²) in [4.78, 5) is 71.6. The fourth-order valence-electron chi connectivity index (χ4n) is 8.45. The lowest BCUT2D eigenvalue weighted by Gasteiger charge is -2.50. The minimum absolute atomic E-state index is 0.0529. The van der Waals surface area contributed by atoms with Crippen molar-refractivity contribution >= 4 is 80.0 Å². The third-order valence-electron chi connectivity index (χ3n) is 11.8. The monoisotopic (exact) mass is 890 g/mol. The molecular formula is C39H39Cl2F3N8O7S. The Balaban J connectivity index is 0.809. The molecule has 60 heavy (non-hydrogen) atoms. The zero-order chi connectivity index (χ0) is 42.7. The zero-order valence-corrected chi connectivity index (χ0v) is 34.1. The number of alkyl halides is 3. The van der Waals surface area contributed by atoms with Crippen molar-refractivity contribution in [2.24, 2.45) is 0 Å². The molecular weight excluding hydrogens is 852 g/mol. The molecule has 4 fully saturated rings. The van der Waals surface area contributed by atoms with Crippen LogP contribution in [-0.4, -0.2) is 127 Å². The lowest BCUT2D eigenvalue weighted by Crippen LogP contribution is -2.64. The van der Waals surface area contributed by atoms with Crippen LogP contribution in [0, 0.1) is 0 Å². The fourth-order valence-corrected chi connectivity index (χ4v) is 10.1. The standard InChI is InChI=1S/C39H39Cl2F3N8O7S/c40-23-2-6-31(29(18-23)35(54)45-32-5-1-22(17-30(32)41)39(42,43)44)47-60(58,59)51-11-9-24(10-12-51)48-13-15-49(16-14-48)26-20-50(21-26)25-3-4-27-28(19-25)38(57)52(37(27)56)33-7-8-34(53)46-36(33)55/h1-6,17-19,24,26,33,47H,7-16,20-21H2,(H,45,54)(H,46,53,55). The smallest absolute Gasteiger partial charge is 0.368 e. The van der Waals surface area contributed by atoms with Gasteiger partial charge in [0, 0.05) is 81.6 Å². The quantitative estimate of drug-likeness (QED) is 0.264. The van der Waals surface area contributed by atoms with Gasteiger partial charge in [0.15, 0.2) is 0 Å². The number of piperidine rings is 2.